The fourth-order valence-corrected chi connectivity index (χ4v) is 1.57. The van der Waals surface area contributed by atoms with Crippen LogP contribution in [0, 0.1) is 0 Å². The number of hydrogen-bond donors (Lipinski definition) is 6. The SMILES string of the molecule is N[C@H]1C[C@@](O)(CO)[C@@H](O)[C@H](O)[C@H]1O.O. The van der Waals surface area contributed by atoms with Gasteiger partial charge in [-0.3, -0.25) is 0 Å². The van der Waals surface area contributed by atoms with Crippen molar-refractivity contribution < 1.29 is 31.0 Å². The molecule has 7 nitrogen and oxygen atoms in total. The Kier molecular flexibility index (Phi) is 4.40. The highest BCUT2D eigenvalue weighted by atomic mass is 16.4. The van der Waals surface area contributed by atoms with Crippen LogP contribution in [0.1, 0.15) is 6.42 Å². The van der Waals surface area contributed by atoms with Gasteiger partial charge in [0.1, 0.15) is 17.8 Å². The third kappa shape index (κ3) is 2.04. The van der Waals surface area contributed by atoms with Crippen LogP contribution in [-0.4, -0.2) is 67.6 Å². The summed E-state index contributed by atoms with van der Waals surface area (Å²) in [7, 11) is 0. The normalized spacial score (nSPS) is 48.4. The van der Waals surface area contributed by atoms with Gasteiger partial charge < -0.3 is 36.7 Å². The Morgan fingerprint density at radius 3 is 2.14 bits per heavy atom. The van der Waals surface area contributed by atoms with Crippen molar-refractivity contribution in [2.45, 2.75) is 36.4 Å². The van der Waals surface area contributed by atoms with Crippen molar-refractivity contribution in [2.24, 2.45) is 5.73 Å². The topological polar surface area (TPSA) is 159 Å². The minimum Gasteiger partial charge on any atom is -0.412 e. The largest absolute Gasteiger partial charge is 0.412 e. The standard InChI is InChI=1S/C7H15NO5.H2O/c8-3-1-7(13,2-9)6(12)5(11)4(3)10;/h3-6,9-13H,1-2,8H2;1H2/t3-,4-,5+,6-,7+;/m0./s1. The molecule has 0 amide bonds. The molecule has 0 aromatic heterocycles. The summed E-state index contributed by atoms with van der Waals surface area (Å²) in [4.78, 5) is 0. The quantitative estimate of drug-likeness (QED) is 0.257. The molecule has 1 aliphatic carbocycles. The predicted molar refractivity (Wildman–Crippen MR) is 46.3 cm³/mol. The molecule has 0 aromatic carbocycles. The second-order valence-corrected chi connectivity index (χ2v) is 3.56. The predicted octanol–water partition coefficient (Wildman–Crippen LogP) is -4.30. The zero-order valence-corrected chi connectivity index (χ0v) is 7.54. The lowest BCUT2D eigenvalue weighted by atomic mass is 9.77. The van der Waals surface area contributed by atoms with E-state index < -0.39 is 36.6 Å². The maximum atomic E-state index is 9.56. The van der Waals surface area contributed by atoms with Gasteiger partial charge in [0.25, 0.3) is 0 Å². The molecule has 0 radical (unpaired) electrons. The molecule has 1 aliphatic rings. The molecule has 14 heavy (non-hydrogen) atoms. The van der Waals surface area contributed by atoms with Gasteiger partial charge in [0.2, 0.25) is 0 Å². The van der Waals surface area contributed by atoms with Crippen LogP contribution in [0.25, 0.3) is 0 Å². The number of aliphatic hydroxyl groups is 5. The van der Waals surface area contributed by atoms with Crippen LogP contribution in [0.5, 0.6) is 0 Å². The average molecular weight is 211 g/mol. The summed E-state index contributed by atoms with van der Waals surface area (Å²) in [6.45, 7) is -0.703. The first kappa shape index (κ1) is 13.7. The van der Waals surface area contributed by atoms with Gasteiger partial charge in [0.05, 0.1) is 12.7 Å². The van der Waals surface area contributed by atoms with E-state index in [1.54, 1.807) is 0 Å². The summed E-state index contributed by atoms with van der Waals surface area (Å²) in [6, 6.07) is -0.851. The summed E-state index contributed by atoms with van der Waals surface area (Å²) >= 11 is 0. The zero-order chi connectivity index (χ0) is 10.2. The fourth-order valence-electron chi connectivity index (χ4n) is 1.57. The highest BCUT2D eigenvalue weighted by Gasteiger charge is 2.49. The third-order valence-corrected chi connectivity index (χ3v) is 2.53. The minimum atomic E-state index is -1.82. The van der Waals surface area contributed by atoms with E-state index in [0.29, 0.717) is 0 Å². The molecule has 1 saturated carbocycles. The van der Waals surface area contributed by atoms with Crippen molar-refractivity contribution in [3.63, 3.8) is 0 Å². The Balaban J connectivity index is 0.00000169. The molecule has 1 rings (SSSR count). The van der Waals surface area contributed by atoms with E-state index in [4.69, 9.17) is 10.8 Å². The number of aliphatic hydroxyl groups excluding tert-OH is 4. The molecule has 0 aromatic rings. The van der Waals surface area contributed by atoms with Gasteiger partial charge >= 0.3 is 0 Å². The van der Waals surface area contributed by atoms with Crippen molar-refractivity contribution in [2.75, 3.05) is 6.61 Å². The van der Waals surface area contributed by atoms with E-state index in [9.17, 15) is 20.4 Å². The fraction of sp³-hybridized carbons (Fsp3) is 1.00. The molecule has 0 saturated heterocycles. The van der Waals surface area contributed by atoms with Crippen molar-refractivity contribution in [3.05, 3.63) is 0 Å². The van der Waals surface area contributed by atoms with Crippen LogP contribution in [0.3, 0.4) is 0 Å². The molecule has 0 spiro atoms. The molecule has 0 bridgehead atoms. The Morgan fingerprint density at radius 1 is 1.21 bits per heavy atom. The lowest BCUT2D eigenvalue weighted by Gasteiger charge is -2.43. The Morgan fingerprint density at radius 2 is 1.71 bits per heavy atom. The molecule has 9 N–H and O–H groups in total. The number of nitrogens with two attached hydrogens (primary N) is 1. The van der Waals surface area contributed by atoms with Gasteiger partial charge in [0, 0.05) is 6.04 Å². The van der Waals surface area contributed by atoms with Gasteiger partial charge in [-0.2, -0.15) is 0 Å². The molecule has 7 heteroatoms. The summed E-state index contributed by atoms with van der Waals surface area (Å²) in [5.74, 6) is 0. The van der Waals surface area contributed by atoms with Crippen LogP contribution in [0.4, 0.5) is 0 Å². The molecule has 0 heterocycles. The van der Waals surface area contributed by atoms with Crippen LogP contribution >= 0.6 is 0 Å². The number of hydrogen-bond acceptors (Lipinski definition) is 6. The highest BCUT2D eigenvalue weighted by Crippen LogP contribution is 2.28. The summed E-state index contributed by atoms with van der Waals surface area (Å²) < 4.78 is 0. The van der Waals surface area contributed by atoms with Crippen molar-refractivity contribution in [1.29, 1.82) is 0 Å². The molecule has 86 valence electrons. The molecule has 1 fully saturated rings. The Labute approximate surface area is 80.7 Å². The second-order valence-electron chi connectivity index (χ2n) is 3.56. The average Bonchev–Trinajstić information content (AvgIpc) is 2.12. The lowest BCUT2D eigenvalue weighted by molar-refractivity contribution is -0.203. The smallest absolute Gasteiger partial charge is 0.118 e. The van der Waals surface area contributed by atoms with Crippen molar-refractivity contribution in [1.82, 2.24) is 0 Å². The first-order valence-electron chi connectivity index (χ1n) is 4.05. The van der Waals surface area contributed by atoms with Gasteiger partial charge in [-0.15, -0.1) is 0 Å². The minimum absolute atomic E-state index is 0. The molecule has 0 aliphatic heterocycles. The van der Waals surface area contributed by atoms with Gasteiger partial charge in [0.15, 0.2) is 0 Å². The highest BCUT2D eigenvalue weighted by molar-refractivity contribution is 5.03. The van der Waals surface area contributed by atoms with Crippen LogP contribution in [0.2, 0.25) is 0 Å². The molecular formula is C7H17NO6. The van der Waals surface area contributed by atoms with E-state index >= 15 is 0 Å². The van der Waals surface area contributed by atoms with Gasteiger partial charge in [-0.05, 0) is 6.42 Å². The van der Waals surface area contributed by atoms with E-state index in [1.807, 2.05) is 0 Å². The van der Waals surface area contributed by atoms with Crippen LogP contribution in [-0.2, 0) is 0 Å². The van der Waals surface area contributed by atoms with E-state index in [-0.39, 0.29) is 11.9 Å². The van der Waals surface area contributed by atoms with Gasteiger partial charge in [-0.25, -0.2) is 0 Å². The maximum absolute atomic E-state index is 9.56. The van der Waals surface area contributed by atoms with Crippen LogP contribution in [0.15, 0.2) is 0 Å². The van der Waals surface area contributed by atoms with E-state index in [1.165, 1.54) is 0 Å². The summed E-state index contributed by atoms with van der Waals surface area (Å²) in [6.07, 6.45) is -4.53. The summed E-state index contributed by atoms with van der Waals surface area (Å²) in [5, 5.41) is 46.1. The number of rotatable bonds is 1. The molecular weight excluding hydrogens is 194 g/mol. The molecule has 0 unspecified atom stereocenters. The van der Waals surface area contributed by atoms with Crippen molar-refractivity contribution in [3.8, 4) is 0 Å². The van der Waals surface area contributed by atoms with E-state index in [2.05, 4.69) is 0 Å². The second kappa shape index (κ2) is 4.49. The Bertz CT molecular complexity index is 191. The monoisotopic (exact) mass is 211 g/mol. The maximum Gasteiger partial charge on any atom is 0.118 e. The first-order valence-corrected chi connectivity index (χ1v) is 4.05. The Hall–Kier alpha value is -0.280. The third-order valence-electron chi connectivity index (χ3n) is 2.53. The first-order chi connectivity index (χ1) is 5.92. The molecule has 5 atom stereocenters. The zero-order valence-electron chi connectivity index (χ0n) is 7.54. The van der Waals surface area contributed by atoms with Gasteiger partial charge in [-0.1, -0.05) is 0 Å². The summed E-state index contributed by atoms with van der Waals surface area (Å²) in [5.41, 5.74) is 3.57. The van der Waals surface area contributed by atoms with Crippen molar-refractivity contribution >= 4 is 0 Å². The van der Waals surface area contributed by atoms with E-state index in [0.717, 1.165) is 0 Å². The van der Waals surface area contributed by atoms with Crippen LogP contribution < -0.4 is 5.73 Å². The lowest BCUT2D eigenvalue weighted by Crippen LogP contribution is -2.66.